The highest BCUT2D eigenvalue weighted by Gasteiger charge is 2.30. The summed E-state index contributed by atoms with van der Waals surface area (Å²) in [7, 11) is 0. The maximum absolute atomic E-state index is 10.7. The van der Waals surface area contributed by atoms with Crippen molar-refractivity contribution in [2.24, 2.45) is 11.3 Å². The Bertz CT molecular complexity index is 134. The summed E-state index contributed by atoms with van der Waals surface area (Å²) in [5.74, 6) is 0.522. The van der Waals surface area contributed by atoms with Crippen molar-refractivity contribution in [3.8, 4) is 0 Å². The lowest BCUT2D eigenvalue weighted by Gasteiger charge is -2.32. The minimum Gasteiger partial charge on any atom is -0.381 e. The topological polar surface area (TPSA) is 26.3 Å². The van der Waals surface area contributed by atoms with Crippen molar-refractivity contribution < 1.29 is 9.53 Å². The molecule has 2 nitrogen and oxygen atoms in total. The Labute approximate surface area is 67.9 Å². The third-order valence-corrected chi connectivity index (χ3v) is 2.58. The van der Waals surface area contributed by atoms with Crippen molar-refractivity contribution in [1.82, 2.24) is 0 Å². The van der Waals surface area contributed by atoms with Gasteiger partial charge in [0, 0.05) is 18.6 Å². The van der Waals surface area contributed by atoms with E-state index in [2.05, 4.69) is 0 Å². The van der Waals surface area contributed by atoms with E-state index in [0.717, 1.165) is 32.3 Å². The molecule has 1 saturated heterocycles. The minimum atomic E-state index is -0.149. The van der Waals surface area contributed by atoms with Gasteiger partial charge in [0.2, 0.25) is 0 Å². The summed E-state index contributed by atoms with van der Waals surface area (Å²) < 4.78 is 5.22. The third-order valence-electron chi connectivity index (χ3n) is 2.58. The molecule has 2 heteroatoms. The normalized spacial score (nSPS) is 21.6. The summed E-state index contributed by atoms with van der Waals surface area (Å²) in [5, 5.41) is 0. The van der Waals surface area contributed by atoms with Crippen molar-refractivity contribution >= 4 is 6.29 Å². The van der Waals surface area contributed by atoms with Crippen LogP contribution in [0.5, 0.6) is 0 Å². The SMILES string of the molecule is CC(C)(C=O)C1CCOCC1. The Morgan fingerprint density at radius 1 is 1.36 bits per heavy atom. The van der Waals surface area contributed by atoms with Gasteiger partial charge in [-0.3, -0.25) is 0 Å². The van der Waals surface area contributed by atoms with Gasteiger partial charge in [-0.2, -0.15) is 0 Å². The summed E-state index contributed by atoms with van der Waals surface area (Å²) >= 11 is 0. The van der Waals surface area contributed by atoms with Gasteiger partial charge in [-0.05, 0) is 18.8 Å². The van der Waals surface area contributed by atoms with E-state index in [0.29, 0.717) is 5.92 Å². The van der Waals surface area contributed by atoms with E-state index in [4.69, 9.17) is 4.74 Å². The van der Waals surface area contributed by atoms with Crippen LogP contribution in [0.15, 0.2) is 0 Å². The van der Waals surface area contributed by atoms with E-state index in [-0.39, 0.29) is 5.41 Å². The average Bonchev–Trinajstić information content (AvgIpc) is 2.06. The molecule has 0 spiro atoms. The molecule has 1 fully saturated rings. The number of carbonyl (C=O) groups excluding carboxylic acids is 1. The van der Waals surface area contributed by atoms with Crippen LogP contribution in [0.4, 0.5) is 0 Å². The summed E-state index contributed by atoms with van der Waals surface area (Å²) in [6.07, 6.45) is 3.14. The first-order valence-electron chi connectivity index (χ1n) is 4.21. The van der Waals surface area contributed by atoms with Gasteiger partial charge >= 0.3 is 0 Å². The molecule has 0 saturated carbocycles. The Hall–Kier alpha value is -0.370. The molecule has 64 valence electrons. The molecule has 0 radical (unpaired) electrons. The molecular weight excluding hydrogens is 140 g/mol. The molecule has 1 heterocycles. The minimum absolute atomic E-state index is 0.149. The van der Waals surface area contributed by atoms with E-state index in [1.165, 1.54) is 0 Å². The standard InChI is InChI=1S/C9H16O2/c1-9(2,7-10)8-3-5-11-6-4-8/h7-8H,3-6H2,1-2H3. The Morgan fingerprint density at radius 2 is 1.91 bits per heavy atom. The highest BCUT2D eigenvalue weighted by atomic mass is 16.5. The Balaban J connectivity index is 2.50. The second kappa shape index (κ2) is 3.35. The smallest absolute Gasteiger partial charge is 0.125 e. The van der Waals surface area contributed by atoms with Crippen LogP contribution in [0.2, 0.25) is 0 Å². The van der Waals surface area contributed by atoms with Gasteiger partial charge in [0.1, 0.15) is 6.29 Å². The Kier molecular flexibility index (Phi) is 2.66. The van der Waals surface area contributed by atoms with E-state index in [1.807, 2.05) is 13.8 Å². The number of rotatable bonds is 2. The maximum atomic E-state index is 10.7. The van der Waals surface area contributed by atoms with Crippen molar-refractivity contribution in [1.29, 1.82) is 0 Å². The van der Waals surface area contributed by atoms with Gasteiger partial charge in [-0.25, -0.2) is 0 Å². The molecule has 0 N–H and O–H groups in total. The van der Waals surface area contributed by atoms with Crippen molar-refractivity contribution in [3.05, 3.63) is 0 Å². The predicted molar refractivity (Wildman–Crippen MR) is 43.4 cm³/mol. The van der Waals surface area contributed by atoms with Gasteiger partial charge in [-0.15, -0.1) is 0 Å². The number of aldehydes is 1. The molecule has 1 aliphatic heterocycles. The van der Waals surface area contributed by atoms with Crippen LogP contribution in [0.3, 0.4) is 0 Å². The maximum Gasteiger partial charge on any atom is 0.125 e. The Morgan fingerprint density at radius 3 is 2.36 bits per heavy atom. The molecule has 0 aromatic carbocycles. The van der Waals surface area contributed by atoms with Crippen LogP contribution < -0.4 is 0 Å². The van der Waals surface area contributed by atoms with Gasteiger partial charge in [0.15, 0.2) is 0 Å². The largest absolute Gasteiger partial charge is 0.381 e. The highest BCUT2D eigenvalue weighted by Crippen LogP contribution is 2.32. The lowest BCUT2D eigenvalue weighted by Crippen LogP contribution is -2.30. The van der Waals surface area contributed by atoms with Gasteiger partial charge in [-0.1, -0.05) is 13.8 Å². The first-order chi connectivity index (χ1) is 5.17. The first kappa shape index (κ1) is 8.72. The molecular formula is C9H16O2. The molecule has 1 aliphatic rings. The second-order valence-electron chi connectivity index (χ2n) is 3.83. The highest BCUT2D eigenvalue weighted by molar-refractivity contribution is 5.58. The first-order valence-corrected chi connectivity index (χ1v) is 4.21. The van der Waals surface area contributed by atoms with Crippen LogP contribution in [0.1, 0.15) is 26.7 Å². The third kappa shape index (κ3) is 2.03. The van der Waals surface area contributed by atoms with Crippen molar-refractivity contribution in [2.75, 3.05) is 13.2 Å². The molecule has 0 aliphatic carbocycles. The lowest BCUT2D eigenvalue weighted by molar-refractivity contribution is -0.119. The molecule has 11 heavy (non-hydrogen) atoms. The van der Waals surface area contributed by atoms with Crippen LogP contribution in [-0.4, -0.2) is 19.5 Å². The fraction of sp³-hybridized carbons (Fsp3) is 0.889. The zero-order chi connectivity index (χ0) is 8.32. The predicted octanol–water partition coefficient (Wildman–Crippen LogP) is 1.64. The summed E-state index contributed by atoms with van der Waals surface area (Å²) in [4.78, 5) is 10.7. The van der Waals surface area contributed by atoms with E-state index >= 15 is 0 Å². The molecule has 1 rings (SSSR count). The molecule has 0 unspecified atom stereocenters. The lowest BCUT2D eigenvalue weighted by atomic mass is 9.76. The summed E-state index contributed by atoms with van der Waals surface area (Å²) in [6, 6.07) is 0. The van der Waals surface area contributed by atoms with Gasteiger partial charge in [0.25, 0.3) is 0 Å². The monoisotopic (exact) mass is 156 g/mol. The number of ether oxygens (including phenoxy) is 1. The van der Waals surface area contributed by atoms with Gasteiger partial charge in [0.05, 0.1) is 0 Å². The molecule has 0 aromatic rings. The number of hydrogen-bond acceptors (Lipinski definition) is 2. The zero-order valence-electron chi connectivity index (χ0n) is 7.30. The quantitative estimate of drug-likeness (QED) is 0.568. The summed E-state index contributed by atoms with van der Waals surface area (Å²) in [6.45, 7) is 5.66. The molecule has 0 amide bonds. The molecule has 0 bridgehead atoms. The fourth-order valence-electron chi connectivity index (χ4n) is 1.54. The van der Waals surface area contributed by atoms with Crippen molar-refractivity contribution in [3.63, 3.8) is 0 Å². The zero-order valence-corrected chi connectivity index (χ0v) is 7.30. The number of hydrogen-bond donors (Lipinski definition) is 0. The van der Waals surface area contributed by atoms with Crippen LogP contribution in [-0.2, 0) is 9.53 Å². The number of carbonyl (C=O) groups is 1. The fourth-order valence-corrected chi connectivity index (χ4v) is 1.54. The second-order valence-corrected chi connectivity index (χ2v) is 3.83. The molecule has 0 aromatic heterocycles. The van der Waals surface area contributed by atoms with Crippen LogP contribution in [0, 0.1) is 11.3 Å². The van der Waals surface area contributed by atoms with E-state index < -0.39 is 0 Å². The van der Waals surface area contributed by atoms with Crippen LogP contribution in [0.25, 0.3) is 0 Å². The van der Waals surface area contributed by atoms with Crippen LogP contribution >= 0.6 is 0 Å². The summed E-state index contributed by atoms with van der Waals surface area (Å²) in [5.41, 5.74) is -0.149. The molecule has 0 atom stereocenters. The van der Waals surface area contributed by atoms with E-state index in [9.17, 15) is 4.79 Å². The average molecular weight is 156 g/mol. The van der Waals surface area contributed by atoms with Crippen molar-refractivity contribution in [2.45, 2.75) is 26.7 Å². The van der Waals surface area contributed by atoms with E-state index in [1.54, 1.807) is 0 Å². The van der Waals surface area contributed by atoms with Gasteiger partial charge < -0.3 is 9.53 Å².